The second-order valence-electron chi connectivity index (χ2n) is 6.75. The largest absolute Gasteiger partial charge is 0.264 e. The van der Waals surface area contributed by atoms with E-state index in [1.54, 1.807) is 12.4 Å². The molecule has 5 rings (SSSR count). The van der Waals surface area contributed by atoms with Gasteiger partial charge >= 0.3 is 0 Å². The average Bonchev–Trinajstić information content (AvgIpc) is 2.79. The molecule has 29 heavy (non-hydrogen) atoms. The second-order valence-corrected chi connectivity index (χ2v) is 7.09. The SMILES string of the molecule is Clc1nc(-c2ccc(-c3cccc4ccccc34)cc2)cc(-c2cccnc2)n1. The molecule has 4 heteroatoms. The first-order chi connectivity index (χ1) is 14.3. The lowest BCUT2D eigenvalue weighted by Crippen LogP contribution is -1.92. The van der Waals surface area contributed by atoms with E-state index in [4.69, 9.17) is 11.6 Å². The van der Waals surface area contributed by atoms with Gasteiger partial charge < -0.3 is 0 Å². The Hall–Kier alpha value is -3.56. The molecule has 0 aliphatic rings. The van der Waals surface area contributed by atoms with Crippen molar-refractivity contribution in [3.63, 3.8) is 0 Å². The van der Waals surface area contributed by atoms with Crippen LogP contribution in [0.2, 0.25) is 5.28 Å². The van der Waals surface area contributed by atoms with Crippen LogP contribution < -0.4 is 0 Å². The van der Waals surface area contributed by atoms with Gasteiger partial charge in [-0.3, -0.25) is 4.98 Å². The van der Waals surface area contributed by atoms with Gasteiger partial charge in [-0.05, 0) is 51.7 Å². The van der Waals surface area contributed by atoms with Gasteiger partial charge in [0.15, 0.2) is 0 Å². The molecule has 0 radical (unpaired) electrons. The molecule has 0 amide bonds. The maximum atomic E-state index is 6.20. The van der Waals surface area contributed by atoms with Crippen LogP contribution in [0.15, 0.2) is 97.3 Å². The van der Waals surface area contributed by atoms with Crippen molar-refractivity contribution >= 4 is 22.4 Å². The number of hydrogen-bond acceptors (Lipinski definition) is 3. The Labute approximate surface area is 173 Å². The first-order valence-corrected chi connectivity index (χ1v) is 9.69. The third kappa shape index (κ3) is 3.48. The summed E-state index contributed by atoms with van der Waals surface area (Å²) in [6, 6.07) is 29.0. The molecule has 2 heterocycles. The van der Waals surface area contributed by atoms with E-state index in [9.17, 15) is 0 Å². The minimum absolute atomic E-state index is 0.222. The highest BCUT2D eigenvalue weighted by atomic mass is 35.5. The van der Waals surface area contributed by atoms with Gasteiger partial charge in [-0.2, -0.15) is 0 Å². The quantitative estimate of drug-likeness (QED) is 0.321. The molecule has 0 N–H and O–H groups in total. The Morgan fingerprint density at radius 2 is 1.34 bits per heavy atom. The highest BCUT2D eigenvalue weighted by Crippen LogP contribution is 2.31. The summed E-state index contributed by atoms with van der Waals surface area (Å²) >= 11 is 6.20. The van der Waals surface area contributed by atoms with Gasteiger partial charge in [0.05, 0.1) is 11.4 Å². The maximum Gasteiger partial charge on any atom is 0.223 e. The van der Waals surface area contributed by atoms with Crippen LogP contribution in [0, 0.1) is 0 Å². The van der Waals surface area contributed by atoms with E-state index in [1.165, 1.54) is 16.3 Å². The second kappa shape index (κ2) is 7.46. The number of nitrogens with zero attached hydrogens (tertiary/aromatic N) is 3. The van der Waals surface area contributed by atoms with Gasteiger partial charge in [0.25, 0.3) is 0 Å². The topological polar surface area (TPSA) is 38.7 Å². The lowest BCUT2D eigenvalue weighted by atomic mass is 9.97. The predicted molar refractivity (Wildman–Crippen MR) is 119 cm³/mol. The summed E-state index contributed by atoms with van der Waals surface area (Å²) in [6.07, 6.45) is 3.51. The molecule has 0 atom stereocenters. The van der Waals surface area contributed by atoms with Gasteiger partial charge in [-0.15, -0.1) is 0 Å². The highest BCUT2D eigenvalue weighted by Gasteiger charge is 2.09. The van der Waals surface area contributed by atoms with Gasteiger partial charge in [-0.25, -0.2) is 9.97 Å². The molecule has 0 aliphatic heterocycles. The molecule has 0 saturated heterocycles. The Morgan fingerprint density at radius 1 is 0.621 bits per heavy atom. The Bertz CT molecular complexity index is 1290. The van der Waals surface area contributed by atoms with Crippen LogP contribution in [0.25, 0.3) is 44.4 Å². The zero-order valence-corrected chi connectivity index (χ0v) is 16.2. The van der Waals surface area contributed by atoms with Crippen molar-refractivity contribution in [2.24, 2.45) is 0 Å². The summed E-state index contributed by atoms with van der Waals surface area (Å²) in [4.78, 5) is 12.9. The summed E-state index contributed by atoms with van der Waals surface area (Å²) in [5.74, 6) is 0. The van der Waals surface area contributed by atoms with Crippen molar-refractivity contribution in [3.8, 4) is 33.6 Å². The highest BCUT2D eigenvalue weighted by molar-refractivity contribution is 6.28. The molecule has 0 saturated carbocycles. The van der Waals surface area contributed by atoms with Crippen LogP contribution in [-0.4, -0.2) is 15.0 Å². The number of pyridine rings is 1. The molecular formula is C25H16ClN3. The molecule has 0 aliphatic carbocycles. The smallest absolute Gasteiger partial charge is 0.223 e. The summed E-state index contributed by atoms with van der Waals surface area (Å²) < 4.78 is 0. The number of halogens is 1. The summed E-state index contributed by atoms with van der Waals surface area (Å²) in [7, 11) is 0. The number of aromatic nitrogens is 3. The molecule has 5 aromatic rings. The molecule has 0 unspecified atom stereocenters. The number of benzene rings is 3. The fraction of sp³-hybridized carbons (Fsp3) is 0. The first kappa shape index (κ1) is 17.5. The van der Waals surface area contributed by atoms with E-state index in [-0.39, 0.29) is 5.28 Å². The molecule has 3 nitrogen and oxygen atoms in total. The Morgan fingerprint density at radius 3 is 2.14 bits per heavy atom. The van der Waals surface area contributed by atoms with Crippen LogP contribution in [0.3, 0.4) is 0 Å². The van der Waals surface area contributed by atoms with Crippen LogP contribution in [0.4, 0.5) is 0 Å². The van der Waals surface area contributed by atoms with Crippen molar-refractivity contribution in [2.45, 2.75) is 0 Å². The van der Waals surface area contributed by atoms with Crippen LogP contribution in [0.1, 0.15) is 0 Å². The number of hydrogen-bond donors (Lipinski definition) is 0. The zero-order valence-electron chi connectivity index (χ0n) is 15.5. The third-order valence-electron chi connectivity index (χ3n) is 4.94. The maximum absolute atomic E-state index is 6.20. The fourth-order valence-corrected chi connectivity index (χ4v) is 3.71. The van der Waals surface area contributed by atoms with E-state index in [0.29, 0.717) is 0 Å². The molecule has 2 aromatic heterocycles. The van der Waals surface area contributed by atoms with Crippen molar-refractivity contribution in [1.29, 1.82) is 0 Å². The molecule has 0 fully saturated rings. The lowest BCUT2D eigenvalue weighted by Gasteiger charge is -2.09. The minimum atomic E-state index is 0.222. The van der Waals surface area contributed by atoms with Crippen LogP contribution >= 0.6 is 11.6 Å². The monoisotopic (exact) mass is 393 g/mol. The molecule has 0 spiro atoms. The normalized spacial score (nSPS) is 10.9. The molecule has 3 aromatic carbocycles. The minimum Gasteiger partial charge on any atom is -0.264 e. The predicted octanol–water partition coefficient (Wildman–Crippen LogP) is 6.68. The van der Waals surface area contributed by atoms with Gasteiger partial charge in [0.2, 0.25) is 5.28 Å². The first-order valence-electron chi connectivity index (χ1n) is 9.31. The number of rotatable bonds is 3. The van der Waals surface area contributed by atoms with E-state index in [1.807, 2.05) is 18.2 Å². The Balaban J connectivity index is 1.55. The van der Waals surface area contributed by atoms with E-state index >= 15 is 0 Å². The van der Waals surface area contributed by atoms with Gasteiger partial charge in [-0.1, -0.05) is 66.7 Å². The summed E-state index contributed by atoms with van der Waals surface area (Å²) in [5.41, 5.74) is 5.82. The summed E-state index contributed by atoms with van der Waals surface area (Å²) in [6.45, 7) is 0. The average molecular weight is 394 g/mol. The van der Waals surface area contributed by atoms with E-state index in [0.717, 1.165) is 28.1 Å². The van der Waals surface area contributed by atoms with Crippen molar-refractivity contribution < 1.29 is 0 Å². The molecular weight excluding hydrogens is 378 g/mol. The van der Waals surface area contributed by atoms with Crippen LogP contribution in [-0.2, 0) is 0 Å². The fourth-order valence-electron chi connectivity index (χ4n) is 3.53. The van der Waals surface area contributed by atoms with Crippen molar-refractivity contribution in [3.05, 3.63) is 103 Å². The zero-order chi connectivity index (χ0) is 19.6. The molecule has 0 bridgehead atoms. The molecule has 138 valence electrons. The Kier molecular flexibility index (Phi) is 4.51. The standard InChI is InChI=1S/C25H16ClN3/c26-25-28-23(15-24(29-25)20-7-4-14-27-16-20)19-12-10-18(11-13-19)22-9-3-6-17-5-1-2-8-21(17)22/h1-16H. The van der Waals surface area contributed by atoms with Gasteiger partial charge in [0.1, 0.15) is 0 Å². The van der Waals surface area contributed by atoms with Crippen molar-refractivity contribution in [1.82, 2.24) is 15.0 Å². The number of fused-ring (bicyclic) bond motifs is 1. The van der Waals surface area contributed by atoms with Crippen LogP contribution in [0.5, 0.6) is 0 Å². The van der Waals surface area contributed by atoms with E-state index < -0.39 is 0 Å². The van der Waals surface area contributed by atoms with Crippen molar-refractivity contribution in [2.75, 3.05) is 0 Å². The third-order valence-corrected chi connectivity index (χ3v) is 5.11. The van der Waals surface area contributed by atoms with Gasteiger partial charge in [0, 0.05) is 23.5 Å². The lowest BCUT2D eigenvalue weighted by molar-refractivity contribution is 1.17. The summed E-state index contributed by atoms with van der Waals surface area (Å²) in [5, 5.41) is 2.70. The van der Waals surface area contributed by atoms with E-state index in [2.05, 4.69) is 81.7 Å².